The van der Waals surface area contributed by atoms with E-state index in [9.17, 15) is 24.5 Å². The van der Waals surface area contributed by atoms with Crippen LogP contribution >= 0.6 is 7.82 Å². The van der Waals surface area contributed by atoms with Crippen molar-refractivity contribution in [3.63, 3.8) is 0 Å². The number of likely N-dealkylation sites (N-methyl/N-ethyl adjacent to an activating group) is 1. The molecule has 0 heterocycles. The predicted octanol–water partition coefficient (Wildman–Crippen LogP) is 17.5. The number of unbranched alkanes of at least 4 members (excludes halogenated alkanes) is 37. The molecular formula is C61H120N2O7P+. The first-order chi connectivity index (χ1) is 34.4. The molecule has 0 saturated heterocycles. The van der Waals surface area contributed by atoms with Gasteiger partial charge in [-0.2, -0.15) is 0 Å². The minimum absolute atomic E-state index is 0.0135. The summed E-state index contributed by atoms with van der Waals surface area (Å²) in [5.74, 6) is -0.270. The van der Waals surface area contributed by atoms with Crippen LogP contribution in [0.2, 0.25) is 0 Å². The molecule has 0 aromatic carbocycles. The number of carbonyl (C=O) groups excluding carboxylic acids is 1. The van der Waals surface area contributed by atoms with E-state index in [1.807, 2.05) is 28.1 Å². The third kappa shape index (κ3) is 53.3. The SMILES string of the molecule is C/C=C/CC/C=C/CC/C=C/CCCC(O)C(O)C(COP(=O)(O)OCC[N+](C)(C)C)NC(=O)CCCCCCCCCCCCCCCCCCCCCCCCCCCCCCCCCCCCC. The van der Waals surface area contributed by atoms with Gasteiger partial charge in [0.15, 0.2) is 0 Å². The largest absolute Gasteiger partial charge is 0.472 e. The molecule has 4 unspecified atom stereocenters. The van der Waals surface area contributed by atoms with Gasteiger partial charge in [0.1, 0.15) is 19.3 Å². The number of phosphoric acid groups is 1. The molecule has 0 saturated carbocycles. The molecule has 71 heavy (non-hydrogen) atoms. The van der Waals surface area contributed by atoms with Crippen molar-refractivity contribution in [1.82, 2.24) is 5.32 Å². The molecule has 0 aliphatic rings. The van der Waals surface area contributed by atoms with Gasteiger partial charge in [-0.15, -0.1) is 0 Å². The number of nitrogens with zero attached hydrogens (tertiary/aromatic N) is 1. The molecule has 0 bridgehead atoms. The molecule has 0 aliphatic carbocycles. The van der Waals surface area contributed by atoms with Crippen LogP contribution in [0.5, 0.6) is 0 Å². The molecule has 1 amide bonds. The van der Waals surface area contributed by atoms with Crippen molar-refractivity contribution in [1.29, 1.82) is 0 Å². The number of amides is 1. The Hall–Kier alpha value is -1.32. The van der Waals surface area contributed by atoms with E-state index < -0.39 is 32.7 Å². The molecule has 0 aromatic rings. The van der Waals surface area contributed by atoms with Gasteiger partial charge in [0.2, 0.25) is 5.91 Å². The Morgan fingerprint density at radius 2 is 0.845 bits per heavy atom. The van der Waals surface area contributed by atoms with Crippen molar-refractivity contribution in [2.75, 3.05) is 40.9 Å². The summed E-state index contributed by atoms with van der Waals surface area (Å²) in [5.41, 5.74) is 0. The van der Waals surface area contributed by atoms with Gasteiger partial charge in [0.25, 0.3) is 0 Å². The summed E-state index contributed by atoms with van der Waals surface area (Å²) in [4.78, 5) is 23.3. The zero-order chi connectivity index (χ0) is 52.2. The van der Waals surface area contributed by atoms with Crippen molar-refractivity contribution in [3.05, 3.63) is 36.5 Å². The minimum atomic E-state index is -4.43. The summed E-state index contributed by atoms with van der Waals surface area (Å²) in [6, 6.07) is -1.06. The fourth-order valence-electron chi connectivity index (χ4n) is 9.25. The van der Waals surface area contributed by atoms with Crippen LogP contribution in [0.1, 0.15) is 290 Å². The topological polar surface area (TPSA) is 125 Å². The molecule has 4 atom stereocenters. The van der Waals surface area contributed by atoms with Crippen molar-refractivity contribution < 1.29 is 38.0 Å². The molecule has 0 aliphatic heterocycles. The Bertz CT molecular complexity index is 1270. The summed E-state index contributed by atoms with van der Waals surface area (Å²) in [7, 11) is 1.41. The highest BCUT2D eigenvalue weighted by Gasteiger charge is 2.32. The predicted molar refractivity (Wildman–Crippen MR) is 306 cm³/mol. The molecule has 0 aromatic heterocycles. The van der Waals surface area contributed by atoms with Gasteiger partial charge in [-0.05, 0) is 58.3 Å². The third-order valence-corrected chi connectivity index (χ3v) is 15.0. The van der Waals surface area contributed by atoms with Gasteiger partial charge < -0.3 is 24.9 Å². The average Bonchev–Trinajstić information content (AvgIpc) is 3.33. The second kappa shape index (κ2) is 52.1. The lowest BCUT2D eigenvalue weighted by atomic mass is 10.0. The summed E-state index contributed by atoms with van der Waals surface area (Å²) in [5, 5.41) is 24.7. The number of allylic oxidation sites excluding steroid dienone is 6. The van der Waals surface area contributed by atoms with Gasteiger partial charge >= 0.3 is 7.82 Å². The van der Waals surface area contributed by atoms with Crippen molar-refractivity contribution >= 4 is 13.7 Å². The van der Waals surface area contributed by atoms with Gasteiger partial charge in [-0.1, -0.05) is 262 Å². The van der Waals surface area contributed by atoms with Gasteiger partial charge in [-0.25, -0.2) is 4.57 Å². The summed E-state index contributed by atoms with van der Waals surface area (Å²) in [6.07, 6.45) is 64.4. The van der Waals surface area contributed by atoms with Crippen LogP contribution in [-0.2, 0) is 18.4 Å². The van der Waals surface area contributed by atoms with E-state index in [0.717, 1.165) is 51.4 Å². The Morgan fingerprint density at radius 1 is 0.507 bits per heavy atom. The lowest BCUT2D eigenvalue weighted by Crippen LogP contribution is -2.51. The number of phosphoric ester groups is 1. The van der Waals surface area contributed by atoms with Crippen LogP contribution in [0.4, 0.5) is 0 Å². The van der Waals surface area contributed by atoms with Crippen LogP contribution < -0.4 is 5.32 Å². The van der Waals surface area contributed by atoms with E-state index in [4.69, 9.17) is 9.05 Å². The maximum absolute atomic E-state index is 13.0. The zero-order valence-electron chi connectivity index (χ0n) is 47.6. The fourth-order valence-corrected chi connectivity index (χ4v) is 9.98. The molecule has 0 spiro atoms. The van der Waals surface area contributed by atoms with E-state index >= 15 is 0 Å². The van der Waals surface area contributed by atoms with E-state index in [1.165, 1.54) is 205 Å². The normalized spacial score (nSPS) is 14.5. The Kier molecular flexibility index (Phi) is 51.2. The first kappa shape index (κ1) is 69.7. The highest BCUT2D eigenvalue weighted by Crippen LogP contribution is 2.43. The number of aliphatic hydroxyl groups excluding tert-OH is 2. The average molecular weight is 1020 g/mol. The number of carbonyl (C=O) groups is 1. The molecule has 4 N–H and O–H groups in total. The van der Waals surface area contributed by atoms with Crippen LogP contribution in [-0.4, -0.2) is 84.6 Å². The molecule has 9 nitrogen and oxygen atoms in total. The van der Waals surface area contributed by atoms with Crippen LogP contribution in [0.25, 0.3) is 0 Å². The fraction of sp³-hybridized carbons (Fsp3) is 0.885. The number of hydrogen-bond donors (Lipinski definition) is 4. The first-order valence-corrected chi connectivity index (χ1v) is 31.9. The van der Waals surface area contributed by atoms with E-state index in [2.05, 4.69) is 48.7 Å². The second-order valence-electron chi connectivity index (χ2n) is 22.2. The zero-order valence-corrected chi connectivity index (χ0v) is 48.5. The Balaban J connectivity index is 3.98. The van der Waals surface area contributed by atoms with Crippen LogP contribution in [0, 0.1) is 0 Å². The first-order valence-electron chi connectivity index (χ1n) is 30.4. The van der Waals surface area contributed by atoms with Crippen molar-refractivity contribution in [2.24, 2.45) is 0 Å². The minimum Gasteiger partial charge on any atom is -0.390 e. The smallest absolute Gasteiger partial charge is 0.390 e. The number of rotatable bonds is 56. The Morgan fingerprint density at radius 3 is 1.20 bits per heavy atom. The summed E-state index contributed by atoms with van der Waals surface area (Å²) >= 11 is 0. The number of hydrogen-bond acceptors (Lipinski definition) is 6. The maximum atomic E-state index is 13.0. The highest BCUT2D eigenvalue weighted by atomic mass is 31.2. The standard InChI is InChI=1S/C61H119N2O7P/c1-6-8-10-12-14-16-18-20-21-22-23-24-25-26-27-28-29-30-31-32-33-34-35-36-37-38-39-40-41-42-44-46-48-50-52-54-60(65)62-58(57-70-71(67,68)69-56-55-63(3,4)5)61(66)59(64)53-51-49-47-45-43-19-17-15-13-11-9-7-2/h7,9,15,17,45,47,58-59,61,64,66H,6,8,10-14,16,18-44,46,48-57H2,1-5H3,(H-,62,65,67,68)/p+1/b9-7+,17-15+,47-45+. The Labute approximate surface area is 440 Å². The summed E-state index contributed by atoms with van der Waals surface area (Å²) < 4.78 is 23.6. The lowest BCUT2D eigenvalue weighted by molar-refractivity contribution is -0.870. The number of nitrogens with one attached hydrogen (secondary N) is 1. The molecule has 0 rings (SSSR count). The van der Waals surface area contributed by atoms with E-state index in [1.54, 1.807) is 0 Å². The quantitative estimate of drug-likeness (QED) is 0.0207. The summed E-state index contributed by atoms with van der Waals surface area (Å²) in [6.45, 7) is 4.39. The molecule has 420 valence electrons. The molecule has 0 fully saturated rings. The second-order valence-corrected chi connectivity index (χ2v) is 23.7. The highest BCUT2D eigenvalue weighted by molar-refractivity contribution is 7.47. The van der Waals surface area contributed by atoms with Crippen LogP contribution in [0.15, 0.2) is 36.5 Å². The number of quaternary nitrogens is 1. The van der Waals surface area contributed by atoms with Crippen molar-refractivity contribution in [3.8, 4) is 0 Å². The molecular weight excluding hydrogens is 904 g/mol. The number of aliphatic hydroxyl groups is 2. The van der Waals surface area contributed by atoms with Crippen molar-refractivity contribution in [2.45, 2.75) is 308 Å². The van der Waals surface area contributed by atoms with Gasteiger partial charge in [0, 0.05) is 6.42 Å². The van der Waals surface area contributed by atoms with E-state index in [0.29, 0.717) is 23.9 Å². The van der Waals surface area contributed by atoms with Gasteiger partial charge in [-0.3, -0.25) is 13.8 Å². The monoisotopic (exact) mass is 1020 g/mol. The lowest BCUT2D eigenvalue weighted by Gasteiger charge is -2.28. The molecule has 0 radical (unpaired) electrons. The molecule has 10 heteroatoms. The van der Waals surface area contributed by atoms with Crippen LogP contribution in [0.3, 0.4) is 0 Å². The third-order valence-electron chi connectivity index (χ3n) is 14.0. The van der Waals surface area contributed by atoms with Gasteiger partial charge in [0.05, 0.1) is 39.9 Å². The van der Waals surface area contributed by atoms with E-state index in [-0.39, 0.29) is 18.9 Å². The maximum Gasteiger partial charge on any atom is 0.472 e.